The molecule has 0 radical (unpaired) electrons. The topological polar surface area (TPSA) is 24.5 Å². The third-order valence-electron chi connectivity index (χ3n) is 3.36. The monoisotopic (exact) mass is 228 g/mol. The van der Waals surface area contributed by atoms with Gasteiger partial charge in [-0.15, -0.1) is 0 Å². The lowest BCUT2D eigenvalue weighted by molar-refractivity contribution is 0.0853. The molecule has 0 aliphatic carbocycles. The Morgan fingerprint density at radius 2 is 1.94 bits per heavy atom. The molecule has 0 aromatic rings. The fourth-order valence-corrected chi connectivity index (χ4v) is 2.06. The highest BCUT2D eigenvalue weighted by atomic mass is 16.5. The van der Waals surface area contributed by atoms with Gasteiger partial charge in [0, 0.05) is 19.2 Å². The summed E-state index contributed by atoms with van der Waals surface area (Å²) in [5.41, 5.74) is 0. The normalized spacial score (nSPS) is 18.6. The molecular weight excluding hydrogens is 200 g/mol. The smallest absolute Gasteiger partial charge is 0.0593 e. The Kier molecular flexibility index (Phi) is 7.01. The van der Waals surface area contributed by atoms with Gasteiger partial charge in [0.25, 0.3) is 0 Å². The number of nitrogens with one attached hydrogen (secondary N) is 1. The van der Waals surface area contributed by atoms with Gasteiger partial charge in [-0.2, -0.15) is 0 Å². The third-order valence-corrected chi connectivity index (χ3v) is 3.36. The maximum atomic E-state index is 5.65. The van der Waals surface area contributed by atoms with Crippen LogP contribution in [0.25, 0.3) is 0 Å². The summed E-state index contributed by atoms with van der Waals surface area (Å²) in [5.74, 6) is 0.752. The molecule has 0 aromatic heterocycles. The van der Waals surface area contributed by atoms with E-state index in [9.17, 15) is 0 Å². The zero-order valence-corrected chi connectivity index (χ0v) is 11.2. The zero-order valence-electron chi connectivity index (χ0n) is 11.2. The van der Waals surface area contributed by atoms with E-state index in [1.54, 1.807) is 0 Å². The van der Waals surface area contributed by atoms with Crippen molar-refractivity contribution in [1.29, 1.82) is 0 Å². The van der Waals surface area contributed by atoms with Crippen molar-refractivity contribution < 1.29 is 4.74 Å². The average Bonchev–Trinajstić information content (AvgIpc) is 2.29. The summed E-state index contributed by atoms with van der Waals surface area (Å²) in [6.45, 7) is 9.69. The molecule has 0 unspecified atom stereocenters. The van der Waals surface area contributed by atoms with Crippen molar-refractivity contribution in [3.8, 4) is 0 Å². The van der Waals surface area contributed by atoms with Crippen molar-refractivity contribution in [2.24, 2.45) is 5.92 Å². The van der Waals surface area contributed by atoms with Gasteiger partial charge in [0.1, 0.15) is 0 Å². The number of ether oxygens (including phenoxy) is 1. The minimum absolute atomic E-state index is 0.752. The van der Waals surface area contributed by atoms with Crippen LogP contribution in [0.1, 0.15) is 33.1 Å². The first kappa shape index (κ1) is 13.9. The van der Waals surface area contributed by atoms with Crippen LogP contribution in [0.15, 0.2) is 0 Å². The Bertz CT molecular complexity index is 167. The Morgan fingerprint density at radius 3 is 2.56 bits per heavy atom. The van der Waals surface area contributed by atoms with E-state index in [1.807, 2.05) is 0 Å². The van der Waals surface area contributed by atoms with Crippen molar-refractivity contribution in [2.75, 3.05) is 39.9 Å². The van der Waals surface area contributed by atoms with Gasteiger partial charge in [0.05, 0.1) is 6.61 Å². The van der Waals surface area contributed by atoms with Crippen molar-refractivity contribution in [1.82, 2.24) is 10.2 Å². The van der Waals surface area contributed by atoms with Crippen LogP contribution in [0.3, 0.4) is 0 Å². The second kappa shape index (κ2) is 8.04. The minimum atomic E-state index is 0.752. The molecule has 1 saturated heterocycles. The van der Waals surface area contributed by atoms with Crippen LogP contribution in [0.4, 0.5) is 0 Å². The molecule has 0 amide bonds. The summed E-state index contributed by atoms with van der Waals surface area (Å²) in [4.78, 5) is 2.45. The van der Waals surface area contributed by atoms with Gasteiger partial charge >= 0.3 is 0 Å². The summed E-state index contributed by atoms with van der Waals surface area (Å²) in [6.07, 6.45) is 3.74. The largest absolute Gasteiger partial charge is 0.380 e. The lowest BCUT2D eigenvalue weighted by Crippen LogP contribution is -2.42. The highest BCUT2D eigenvalue weighted by molar-refractivity contribution is 4.75. The van der Waals surface area contributed by atoms with Gasteiger partial charge in [-0.05, 0) is 45.3 Å². The van der Waals surface area contributed by atoms with Gasteiger partial charge in [-0.3, -0.25) is 0 Å². The quantitative estimate of drug-likeness (QED) is 0.672. The molecule has 1 heterocycles. The van der Waals surface area contributed by atoms with E-state index in [0.29, 0.717) is 0 Å². The van der Waals surface area contributed by atoms with E-state index >= 15 is 0 Å². The van der Waals surface area contributed by atoms with E-state index in [4.69, 9.17) is 4.74 Å². The van der Waals surface area contributed by atoms with Crippen LogP contribution >= 0.6 is 0 Å². The Morgan fingerprint density at radius 1 is 1.25 bits per heavy atom. The van der Waals surface area contributed by atoms with Gasteiger partial charge < -0.3 is 15.0 Å². The highest BCUT2D eigenvalue weighted by Gasteiger charge is 2.16. The van der Waals surface area contributed by atoms with Gasteiger partial charge in [0.15, 0.2) is 0 Å². The second-order valence-corrected chi connectivity index (χ2v) is 5.26. The van der Waals surface area contributed by atoms with Crippen molar-refractivity contribution in [3.63, 3.8) is 0 Å². The van der Waals surface area contributed by atoms with Crippen LogP contribution in [-0.4, -0.2) is 50.8 Å². The molecule has 0 aromatic carbocycles. The maximum absolute atomic E-state index is 5.65. The standard InChI is InChI=1S/C13H28N2O/c1-12(2)6-10-16-11-9-15(3)13-4-7-14-8-5-13/h12-14H,4-11H2,1-3H3. The number of hydrogen-bond donors (Lipinski definition) is 1. The number of piperidine rings is 1. The molecule has 1 fully saturated rings. The molecule has 0 atom stereocenters. The van der Waals surface area contributed by atoms with E-state index in [0.717, 1.165) is 31.7 Å². The Balaban J connectivity index is 1.98. The SMILES string of the molecule is CC(C)CCOCCN(C)C1CCNCC1. The Hall–Kier alpha value is -0.120. The van der Waals surface area contributed by atoms with Gasteiger partial charge in [0.2, 0.25) is 0 Å². The van der Waals surface area contributed by atoms with Crippen molar-refractivity contribution in [2.45, 2.75) is 39.2 Å². The lowest BCUT2D eigenvalue weighted by atomic mass is 10.1. The number of nitrogens with zero attached hydrogens (tertiary/aromatic N) is 1. The third kappa shape index (κ3) is 5.83. The molecule has 3 nitrogen and oxygen atoms in total. The van der Waals surface area contributed by atoms with E-state index in [2.05, 4.69) is 31.1 Å². The van der Waals surface area contributed by atoms with Crippen LogP contribution in [-0.2, 0) is 4.74 Å². The molecule has 96 valence electrons. The fourth-order valence-electron chi connectivity index (χ4n) is 2.06. The first-order valence-electron chi connectivity index (χ1n) is 6.69. The first-order chi connectivity index (χ1) is 7.70. The molecule has 1 aliphatic heterocycles. The summed E-state index contributed by atoms with van der Waals surface area (Å²) < 4.78 is 5.65. The molecule has 16 heavy (non-hydrogen) atoms. The van der Waals surface area contributed by atoms with E-state index in [-0.39, 0.29) is 0 Å². The van der Waals surface area contributed by atoms with Crippen molar-refractivity contribution >= 4 is 0 Å². The Labute approximate surface area is 101 Å². The highest BCUT2D eigenvalue weighted by Crippen LogP contribution is 2.09. The van der Waals surface area contributed by atoms with Crippen LogP contribution in [0.5, 0.6) is 0 Å². The van der Waals surface area contributed by atoms with Crippen LogP contribution < -0.4 is 5.32 Å². The zero-order chi connectivity index (χ0) is 11.8. The predicted molar refractivity (Wildman–Crippen MR) is 68.8 cm³/mol. The van der Waals surface area contributed by atoms with Crippen LogP contribution in [0.2, 0.25) is 0 Å². The fraction of sp³-hybridized carbons (Fsp3) is 1.00. The van der Waals surface area contributed by atoms with Crippen LogP contribution in [0, 0.1) is 5.92 Å². The second-order valence-electron chi connectivity index (χ2n) is 5.26. The van der Waals surface area contributed by atoms with Gasteiger partial charge in [-0.1, -0.05) is 13.8 Å². The molecule has 0 saturated carbocycles. The molecule has 1 rings (SSSR count). The lowest BCUT2D eigenvalue weighted by Gasteiger charge is -2.31. The maximum Gasteiger partial charge on any atom is 0.0593 e. The number of rotatable bonds is 7. The average molecular weight is 228 g/mol. The molecule has 0 spiro atoms. The molecule has 3 heteroatoms. The summed E-state index contributed by atoms with van der Waals surface area (Å²) >= 11 is 0. The summed E-state index contributed by atoms with van der Waals surface area (Å²) in [5, 5.41) is 3.40. The van der Waals surface area contributed by atoms with Gasteiger partial charge in [-0.25, -0.2) is 0 Å². The molecular formula is C13H28N2O. The minimum Gasteiger partial charge on any atom is -0.380 e. The first-order valence-corrected chi connectivity index (χ1v) is 6.69. The van der Waals surface area contributed by atoms with E-state index in [1.165, 1.54) is 32.4 Å². The summed E-state index contributed by atoms with van der Waals surface area (Å²) in [7, 11) is 2.22. The van der Waals surface area contributed by atoms with Crippen molar-refractivity contribution in [3.05, 3.63) is 0 Å². The molecule has 1 N–H and O–H groups in total. The molecule has 0 bridgehead atoms. The molecule has 1 aliphatic rings. The van der Waals surface area contributed by atoms with E-state index < -0.39 is 0 Å². The summed E-state index contributed by atoms with van der Waals surface area (Å²) in [6, 6.07) is 0.759. The number of hydrogen-bond acceptors (Lipinski definition) is 3. The predicted octanol–water partition coefficient (Wildman–Crippen LogP) is 1.73. The number of likely N-dealkylation sites (N-methyl/N-ethyl adjacent to an activating group) is 1.